The van der Waals surface area contributed by atoms with Crippen LogP contribution in [0.1, 0.15) is 49.6 Å². The second kappa shape index (κ2) is 10.8. The van der Waals surface area contributed by atoms with Gasteiger partial charge in [-0.3, -0.25) is 14.4 Å². The van der Waals surface area contributed by atoms with Crippen LogP contribution in [-0.2, 0) is 0 Å². The van der Waals surface area contributed by atoms with Crippen LogP contribution in [0.25, 0.3) is 0 Å². The average Bonchev–Trinajstić information content (AvgIpc) is 2.89. The lowest BCUT2D eigenvalue weighted by Gasteiger charge is -2.32. The number of likely N-dealkylation sites (tertiary alicyclic amines) is 1. The van der Waals surface area contributed by atoms with E-state index in [1.165, 1.54) is 12.4 Å². The molecule has 0 saturated carbocycles. The van der Waals surface area contributed by atoms with Gasteiger partial charge in [-0.25, -0.2) is 9.97 Å². The van der Waals surface area contributed by atoms with Crippen LogP contribution in [0.4, 0.5) is 5.82 Å². The Labute approximate surface area is 203 Å². The highest BCUT2D eigenvalue weighted by molar-refractivity contribution is 6.08. The van der Waals surface area contributed by atoms with E-state index in [4.69, 9.17) is 4.74 Å². The summed E-state index contributed by atoms with van der Waals surface area (Å²) in [5.41, 5.74) is 1.96. The van der Waals surface area contributed by atoms with Gasteiger partial charge < -0.3 is 20.3 Å². The summed E-state index contributed by atoms with van der Waals surface area (Å²) in [4.78, 5) is 48.5. The quantitative estimate of drug-likeness (QED) is 0.569. The standard InChI is InChI=1S/C26H27N5O4/c1-17-5-3-4-6-21(17)24(32)30-23-22(27-13-14-28-23)25(33)29-19-11-15-31(16-12-19)26(34)18-7-9-20(35-2)10-8-18/h3-10,13-14,19H,11-12,15-16H2,1-2H3,(H,29,33)(H,28,30,32). The lowest BCUT2D eigenvalue weighted by Crippen LogP contribution is -2.46. The molecular formula is C26H27N5O4. The fraction of sp³-hybridized carbons (Fsp3) is 0.269. The van der Waals surface area contributed by atoms with E-state index in [1.807, 2.05) is 19.1 Å². The predicted octanol–water partition coefficient (Wildman–Crippen LogP) is 3.08. The van der Waals surface area contributed by atoms with E-state index in [-0.39, 0.29) is 29.4 Å². The van der Waals surface area contributed by atoms with Gasteiger partial charge in [-0.2, -0.15) is 0 Å². The highest BCUT2D eigenvalue weighted by atomic mass is 16.5. The Bertz CT molecular complexity index is 1220. The molecule has 1 aliphatic heterocycles. The predicted molar refractivity (Wildman–Crippen MR) is 131 cm³/mol. The molecule has 0 bridgehead atoms. The van der Waals surface area contributed by atoms with Crippen LogP contribution in [-0.4, -0.2) is 58.8 Å². The fourth-order valence-electron chi connectivity index (χ4n) is 4.00. The zero-order valence-corrected chi connectivity index (χ0v) is 19.7. The number of anilines is 1. The van der Waals surface area contributed by atoms with Gasteiger partial charge in [-0.05, 0) is 55.7 Å². The number of hydrogen-bond donors (Lipinski definition) is 2. The van der Waals surface area contributed by atoms with Crippen molar-refractivity contribution in [3.63, 3.8) is 0 Å². The van der Waals surface area contributed by atoms with Crippen molar-refractivity contribution in [3.8, 4) is 5.75 Å². The molecule has 35 heavy (non-hydrogen) atoms. The van der Waals surface area contributed by atoms with Crippen LogP contribution in [0.2, 0.25) is 0 Å². The van der Waals surface area contributed by atoms with Crippen LogP contribution in [0.15, 0.2) is 60.9 Å². The molecule has 9 heteroatoms. The van der Waals surface area contributed by atoms with Crippen LogP contribution in [0, 0.1) is 6.92 Å². The number of carbonyl (C=O) groups excluding carboxylic acids is 3. The van der Waals surface area contributed by atoms with E-state index in [0.29, 0.717) is 42.8 Å². The number of methoxy groups -OCH3 is 1. The Morgan fingerprint density at radius 1 is 0.943 bits per heavy atom. The molecule has 180 valence electrons. The maximum atomic E-state index is 13.0. The molecule has 0 spiro atoms. The monoisotopic (exact) mass is 473 g/mol. The van der Waals surface area contributed by atoms with Crippen LogP contribution in [0.3, 0.4) is 0 Å². The van der Waals surface area contributed by atoms with E-state index < -0.39 is 5.91 Å². The van der Waals surface area contributed by atoms with Crippen molar-refractivity contribution in [1.29, 1.82) is 0 Å². The Kier molecular flexibility index (Phi) is 7.35. The summed E-state index contributed by atoms with van der Waals surface area (Å²) in [6, 6.07) is 14.1. The number of carbonyl (C=O) groups is 3. The Balaban J connectivity index is 1.35. The Morgan fingerprint density at radius 2 is 1.63 bits per heavy atom. The topological polar surface area (TPSA) is 114 Å². The molecule has 0 unspecified atom stereocenters. The third kappa shape index (κ3) is 5.63. The molecule has 1 aliphatic rings. The maximum Gasteiger partial charge on any atom is 0.273 e. The highest BCUT2D eigenvalue weighted by Gasteiger charge is 2.26. The van der Waals surface area contributed by atoms with Crippen molar-refractivity contribution in [2.75, 3.05) is 25.5 Å². The van der Waals surface area contributed by atoms with Crippen molar-refractivity contribution in [1.82, 2.24) is 20.2 Å². The number of nitrogens with zero attached hydrogens (tertiary/aromatic N) is 3. The van der Waals surface area contributed by atoms with Gasteiger partial charge in [0, 0.05) is 42.7 Å². The average molecular weight is 474 g/mol. The molecule has 3 amide bonds. The van der Waals surface area contributed by atoms with E-state index in [0.717, 1.165) is 5.56 Å². The first-order chi connectivity index (χ1) is 17.0. The number of piperidine rings is 1. The van der Waals surface area contributed by atoms with Gasteiger partial charge in [0.1, 0.15) is 5.75 Å². The molecule has 0 radical (unpaired) electrons. The van der Waals surface area contributed by atoms with Gasteiger partial charge in [0.05, 0.1) is 7.11 Å². The summed E-state index contributed by atoms with van der Waals surface area (Å²) in [6.45, 7) is 2.88. The molecule has 0 atom stereocenters. The normalized spacial score (nSPS) is 13.7. The lowest BCUT2D eigenvalue weighted by atomic mass is 10.0. The maximum absolute atomic E-state index is 13.0. The van der Waals surface area contributed by atoms with Crippen molar-refractivity contribution < 1.29 is 19.1 Å². The van der Waals surface area contributed by atoms with Gasteiger partial charge in [0.2, 0.25) is 0 Å². The number of hydrogen-bond acceptors (Lipinski definition) is 6. The van der Waals surface area contributed by atoms with Gasteiger partial charge >= 0.3 is 0 Å². The van der Waals surface area contributed by atoms with E-state index >= 15 is 0 Å². The molecule has 0 aliphatic carbocycles. The minimum atomic E-state index is -0.418. The number of amides is 3. The third-order valence-electron chi connectivity index (χ3n) is 5.99. The molecule has 1 fully saturated rings. The molecule has 9 nitrogen and oxygen atoms in total. The Morgan fingerprint density at radius 3 is 2.31 bits per heavy atom. The van der Waals surface area contributed by atoms with Crippen LogP contribution in [0.5, 0.6) is 5.75 Å². The first-order valence-electron chi connectivity index (χ1n) is 11.4. The van der Waals surface area contributed by atoms with Gasteiger partial charge in [-0.1, -0.05) is 18.2 Å². The number of ether oxygens (including phenoxy) is 1. The van der Waals surface area contributed by atoms with Crippen molar-refractivity contribution in [3.05, 3.63) is 83.3 Å². The molecule has 3 aromatic rings. The first-order valence-corrected chi connectivity index (χ1v) is 11.4. The third-order valence-corrected chi connectivity index (χ3v) is 5.99. The minimum absolute atomic E-state index is 0.0474. The number of benzene rings is 2. The lowest BCUT2D eigenvalue weighted by molar-refractivity contribution is 0.0697. The number of aromatic nitrogens is 2. The van der Waals surface area contributed by atoms with E-state index in [2.05, 4.69) is 20.6 Å². The van der Waals surface area contributed by atoms with Gasteiger partial charge in [0.25, 0.3) is 17.7 Å². The summed E-state index contributed by atoms with van der Waals surface area (Å²) in [5.74, 6) is -0.0273. The molecule has 4 rings (SSSR count). The summed E-state index contributed by atoms with van der Waals surface area (Å²) >= 11 is 0. The van der Waals surface area contributed by atoms with Crippen molar-refractivity contribution >= 4 is 23.5 Å². The summed E-state index contributed by atoms with van der Waals surface area (Å²) in [7, 11) is 1.58. The van der Waals surface area contributed by atoms with Crippen molar-refractivity contribution in [2.24, 2.45) is 0 Å². The summed E-state index contributed by atoms with van der Waals surface area (Å²) < 4.78 is 5.14. The molecule has 1 aromatic heterocycles. The zero-order chi connectivity index (χ0) is 24.8. The van der Waals surface area contributed by atoms with Gasteiger partial charge in [-0.15, -0.1) is 0 Å². The van der Waals surface area contributed by atoms with Gasteiger partial charge in [0.15, 0.2) is 11.5 Å². The number of aryl methyl sites for hydroxylation is 1. The highest BCUT2D eigenvalue weighted by Crippen LogP contribution is 2.18. The molecule has 2 heterocycles. The Hall–Kier alpha value is -4.27. The van der Waals surface area contributed by atoms with Crippen molar-refractivity contribution in [2.45, 2.75) is 25.8 Å². The largest absolute Gasteiger partial charge is 0.497 e. The summed E-state index contributed by atoms with van der Waals surface area (Å²) in [5, 5.41) is 5.67. The second-order valence-electron chi connectivity index (χ2n) is 8.29. The number of rotatable bonds is 6. The molecule has 2 N–H and O–H groups in total. The SMILES string of the molecule is COc1ccc(C(=O)N2CCC(NC(=O)c3nccnc3NC(=O)c3ccccc3C)CC2)cc1. The molecule has 2 aromatic carbocycles. The molecule has 1 saturated heterocycles. The molecular weight excluding hydrogens is 446 g/mol. The van der Waals surface area contributed by atoms with Crippen LogP contribution >= 0.6 is 0 Å². The smallest absolute Gasteiger partial charge is 0.273 e. The van der Waals surface area contributed by atoms with E-state index in [9.17, 15) is 14.4 Å². The van der Waals surface area contributed by atoms with Crippen LogP contribution < -0.4 is 15.4 Å². The first kappa shape index (κ1) is 23.9. The minimum Gasteiger partial charge on any atom is -0.497 e. The fourth-order valence-corrected chi connectivity index (χ4v) is 4.00. The number of nitrogens with one attached hydrogen (secondary N) is 2. The van der Waals surface area contributed by atoms with E-state index in [1.54, 1.807) is 48.4 Å². The zero-order valence-electron chi connectivity index (χ0n) is 19.7. The second-order valence-corrected chi connectivity index (χ2v) is 8.29. The summed E-state index contributed by atoms with van der Waals surface area (Å²) in [6.07, 6.45) is 4.06.